The molecule has 0 aliphatic heterocycles. The zero-order valence-corrected chi connectivity index (χ0v) is 9.29. The van der Waals surface area contributed by atoms with E-state index in [-0.39, 0.29) is 0 Å². The van der Waals surface area contributed by atoms with Gasteiger partial charge < -0.3 is 15.4 Å². The minimum absolute atomic E-state index is 0.652. The van der Waals surface area contributed by atoms with Gasteiger partial charge in [0.2, 0.25) is 5.95 Å². The Morgan fingerprint density at radius 2 is 2.20 bits per heavy atom. The molecule has 1 rings (SSSR count). The normalized spacial score (nSPS) is 10.0. The third-order valence-corrected chi connectivity index (χ3v) is 1.75. The summed E-state index contributed by atoms with van der Waals surface area (Å²) in [4.78, 5) is 8.35. The van der Waals surface area contributed by atoms with E-state index in [4.69, 9.17) is 4.74 Å². The molecule has 84 valence electrons. The molecule has 0 saturated carbocycles. The molecule has 1 aromatic rings. The lowest BCUT2D eigenvalue weighted by Crippen LogP contribution is -2.11. The second kappa shape index (κ2) is 7.00. The van der Waals surface area contributed by atoms with Gasteiger partial charge >= 0.3 is 0 Å². The van der Waals surface area contributed by atoms with Crippen LogP contribution in [-0.4, -0.2) is 36.3 Å². The molecule has 0 aliphatic carbocycles. The van der Waals surface area contributed by atoms with E-state index in [0.29, 0.717) is 12.6 Å². The van der Waals surface area contributed by atoms with E-state index in [1.165, 1.54) is 0 Å². The second-order valence-electron chi connectivity index (χ2n) is 2.92. The monoisotopic (exact) mass is 210 g/mol. The predicted molar refractivity (Wildman–Crippen MR) is 61.2 cm³/mol. The number of rotatable bonds is 7. The molecule has 0 atom stereocenters. The topological polar surface area (TPSA) is 59.1 Å². The fourth-order valence-corrected chi connectivity index (χ4v) is 1.10. The molecule has 5 heteroatoms. The zero-order valence-electron chi connectivity index (χ0n) is 9.29. The minimum Gasteiger partial charge on any atom is -0.380 e. The van der Waals surface area contributed by atoms with Gasteiger partial charge in [0.15, 0.2) is 0 Å². The Kier molecular flexibility index (Phi) is 5.47. The highest BCUT2D eigenvalue weighted by atomic mass is 16.5. The van der Waals surface area contributed by atoms with Crippen molar-refractivity contribution in [1.29, 1.82) is 0 Å². The lowest BCUT2D eigenvalue weighted by molar-refractivity contribution is 0.158. The quantitative estimate of drug-likeness (QED) is 0.665. The molecule has 0 spiro atoms. The fourth-order valence-electron chi connectivity index (χ4n) is 1.10. The van der Waals surface area contributed by atoms with E-state index in [9.17, 15) is 0 Å². The van der Waals surface area contributed by atoms with Crippen LogP contribution in [0.5, 0.6) is 0 Å². The van der Waals surface area contributed by atoms with Gasteiger partial charge in [0.05, 0.1) is 6.61 Å². The first kappa shape index (κ1) is 11.7. The SMILES string of the molecule is CCNc1nccc(NCCOCC)n1. The van der Waals surface area contributed by atoms with Crippen LogP contribution in [0.3, 0.4) is 0 Å². The van der Waals surface area contributed by atoms with Crippen LogP contribution in [0.15, 0.2) is 12.3 Å². The van der Waals surface area contributed by atoms with E-state index >= 15 is 0 Å². The van der Waals surface area contributed by atoms with Crippen LogP contribution in [0.25, 0.3) is 0 Å². The van der Waals surface area contributed by atoms with E-state index in [1.54, 1.807) is 6.20 Å². The van der Waals surface area contributed by atoms with Crippen molar-refractivity contribution in [3.63, 3.8) is 0 Å². The molecular weight excluding hydrogens is 192 g/mol. The van der Waals surface area contributed by atoms with Crippen LogP contribution >= 0.6 is 0 Å². The first-order valence-corrected chi connectivity index (χ1v) is 5.25. The molecule has 0 saturated heterocycles. The molecule has 0 aromatic carbocycles. The van der Waals surface area contributed by atoms with Crippen molar-refractivity contribution in [1.82, 2.24) is 9.97 Å². The Labute approximate surface area is 90.3 Å². The molecule has 0 bridgehead atoms. The standard InChI is InChI=1S/C10H18N4O/c1-3-11-10-13-6-5-9(14-10)12-7-8-15-4-2/h5-6H,3-4,7-8H2,1-2H3,(H2,11,12,13,14). The number of nitrogens with one attached hydrogen (secondary N) is 2. The van der Waals surface area contributed by atoms with Gasteiger partial charge in [-0.3, -0.25) is 0 Å². The Bertz CT molecular complexity index is 280. The van der Waals surface area contributed by atoms with E-state index in [2.05, 4.69) is 20.6 Å². The maximum atomic E-state index is 5.21. The average Bonchev–Trinajstić information content (AvgIpc) is 2.26. The molecule has 2 N–H and O–H groups in total. The zero-order chi connectivity index (χ0) is 10.9. The highest BCUT2D eigenvalue weighted by Gasteiger charge is 1.96. The van der Waals surface area contributed by atoms with Gasteiger partial charge in [0.1, 0.15) is 5.82 Å². The van der Waals surface area contributed by atoms with E-state index < -0.39 is 0 Å². The van der Waals surface area contributed by atoms with Gasteiger partial charge in [-0.1, -0.05) is 0 Å². The highest BCUT2D eigenvalue weighted by Crippen LogP contribution is 2.04. The Morgan fingerprint density at radius 3 is 2.93 bits per heavy atom. The Balaban J connectivity index is 2.36. The van der Waals surface area contributed by atoms with Crippen LogP contribution in [0.1, 0.15) is 13.8 Å². The lowest BCUT2D eigenvalue weighted by Gasteiger charge is -2.07. The molecular formula is C10H18N4O. The van der Waals surface area contributed by atoms with Crippen molar-refractivity contribution in [3.8, 4) is 0 Å². The van der Waals surface area contributed by atoms with Gasteiger partial charge in [-0.2, -0.15) is 4.98 Å². The van der Waals surface area contributed by atoms with Gasteiger partial charge in [-0.25, -0.2) is 4.98 Å². The molecule has 0 fully saturated rings. The van der Waals surface area contributed by atoms with Crippen LogP contribution in [-0.2, 0) is 4.74 Å². The lowest BCUT2D eigenvalue weighted by atomic mass is 10.5. The second-order valence-corrected chi connectivity index (χ2v) is 2.92. The van der Waals surface area contributed by atoms with Gasteiger partial charge in [-0.15, -0.1) is 0 Å². The number of ether oxygens (including phenoxy) is 1. The van der Waals surface area contributed by atoms with Crippen LogP contribution in [0.2, 0.25) is 0 Å². The van der Waals surface area contributed by atoms with Crippen molar-refractivity contribution in [3.05, 3.63) is 12.3 Å². The summed E-state index contributed by atoms with van der Waals surface area (Å²) in [6.07, 6.45) is 1.73. The molecule has 0 radical (unpaired) electrons. The van der Waals surface area contributed by atoms with Crippen molar-refractivity contribution in [2.75, 3.05) is 36.9 Å². The predicted octanol–water partition coefficient (Wildman–Crippen LogP) is 1.36. The number of aromatic nitrogens is 2. The Hall–Kier alpha value is -1.36. The average molecular weight is 210 g/mol. The summed E-state index contributed by atoms with van der Waals surface area (Å²) < 4.78 is 5.21. The van der Waals surface area contributed by atoms with Gasteiger partial charge in [0, 0.05) is 25.9 Å². The third kappa shape index (κ3) is 4.60. The summed E-state index contributed by atoms with van der Waals surface area (Å²) in [5.74, 6) is 1.47. The van der Waals surface area contributed by atoms with Crippen LogP contribution < -0.4 is 10.6 Å². The molecule has 1 aromatic heterocycles. The molecule has 0 unspecified atom stereocenters. The first-order valence-electron chi connectivity index (χ1n) is 5.25. The van der Waals surface area contributed by atoms with Crippen LogP contribution in [0.4, 0.5) is 11.8 Å². The van der Waals surface area contributed by atoms with Crippen molar-refractivity contribution < 1.29 is 4.74 Å². The highest BCUT2D eigenvalue weighted by molar-refractivity contribution is 5.39. The molecule has 1 heterocycles. The first-order chi connectivity index (χ1) is 7.36. The van der Waals surface area contributed by atoms with Crippen LogP contribution in [0, 0.1) is 0 Å². The van der Waals surface area contributed by atoms with E-state index in [1.807, 2.05) is 19.9 Å². The van der Waals surface area contributed by atoms with Crippen molar-refractivity contribution >= 4 is 11.8 Å². The number of hydrogen-bond donors (Lipinski definition) is 2. The third-order valence-electron chi connectivity index (χ3n) is 1.75. The summed E-state index contributed by atoms with van der Waals surface area (Å²) in [5.41, 5.74) is 0. The summed E-state index contributed by atoms with van der Waals surface area (Å²) in [7, 11) is 0. The smallest absolute Gasteiger partial charge is 0.224 e. The Morgan fingerprint density at radius 1 is 1.33 bits per heavy atom. The molecule has 0 aliphatic rings. The van der Waals surface area contributed by atoms with Crippen molar-refractivity contribution in [2.24, 2.45) is 0 Å². The summed E-state index contributed by atoms with van der Waals surface area (Å²) in [5, 5.41) is 6.22. The van der Waals surface area contributed by atoms with E-state index in [0.717, 1.165) is 25.5 Å². The maximum absolute atomic E-state index is 5.21. The van der Waals surface area contributed by atoms with Gasteiger partial charge in [0.25, 0.3) is 0 Å². The number of anilines is 2. The van der Waals surface area contributed by atoms with Crippen molar-refractivity contribution in [2.45, 2.75) is 13.8 Å². The largest absolute Gasteiger partial charge is 0.380 e. The molecule has 5 nitrogen and oxygen atoms in total. The summed E-state index contributed by atoms with van der Waals surface area (Å²) in [6, 6.07) is 1.84. The summed E-state index contributed by atoms with van der Waals surface area (Å²) in [6.45, 7) is 7.01. The fraction of sp³-hybridized carbons (Fsp3) is 0.600. The van der Waals surface area contributed by atoms with Gasteiger partial charge in [-0.05, 0) is 19.9 Å². The minimum atomic E-state index is 0.652. The molecule has 0 amide bonds. The number of hydrogen-bond acceptors (Lipinski definition) is 5. The maximum Gasteiger partial charge on any atom is 0.224 e. The number of nitrogens with zero attached hydrogens (tertiary/aromatic N) is 2. The molecule has 15 heavy (non-hydrogen) atoms. The summed E-state index contributed by atoms with van der Waals surface area (Å²) >= 11 is 0.